The summed E-state index contributed by atoms with van der Waals surface area (Å²) in [6.45, 7) is 1.10. The molecule has 2 heterocycles. The van der Waals surface area contributed by atoms with E-state index in [0.29, 0.717) is 24.0 Å². The molecule has 2 aromatic rings. The van der Waals surface area contributed by atoms with Gasteiger partial charge < -0.3 is 14.6 Å². The SMILES string of the molecule is OC(c1ccc2c(c1)OCCO2)c1cc(Cl)cs1. The number of rotatable bonds is 2. The van der Waals surface area contributed by atoms with Gasteiger partial charge >= 0.3 is 0 Å². The molecule has 3 rings (SSSR count). The molecule has 0 fully saturated rings. The monoisotopic (exact) mass is 282 g/mol. The number of thiophene rings is 1. The van der Waals surface area contributed by atoms with E-state index in [-0.39, 0.29) is 0 Å². The highest BCUT2D eigenvalue weighted by molar-refractivity contribution is 7.10. The Morgan fingerprint density at radius 2 is 1.94 bits per heavy atom. The third kappa shape index (κ3) is 2.19. The second kappa shape index (κ2) is 4.80. The number of halogens is 1. The number of aliphatic hydroxyl groups excluding tert-OH is 1. The van der Waals surface area contributed by atoms with Gasteiger partial charge in [-0.05, 0) is 23.8 Å². The van der Waals surface area contributed by atoms with Gasteiger partial charge in [0.2, 0.25) is 0 Å². The Morgan fingerprint density at radius 3 is 2.67 bits per heavy atom. The zero-order valence-electron chi connectivity index (χ0n) is 9.43. The van der Waals surface area contributed by atoms with E-state index >= 15 is 0 Å². The average Bonchev–Trinajstić information content (AvgIpc) is 2.84. The van der Waals surface area contributed by atoms with Crippen LogP contribution in [0.2, 0.25) is 5.02 Å². The van der Waals surface area contributed by atoms with Gasteiger partial charge in [-0.25, -0.2) is 0 Å². The van der Waals surface area contributed by atoms with Crippen molar-refractivity contribution < 1.29 is 14.6 Å². The predicted octanol–water partition coefficient (Wildman–Crippen LogP) is 3.25. The lowest BCUT2D eigenvalue weighted by Gasteiger charge is -2.20. The highest BCUT2D eigenvalue weighted by Gasteiger charge is 2.17. The summed E-state index contributed by atoms with van der Waals surface area (Å²) in [6, 6.07) is 7.24. The first-order valence-corrected chi connectivity index (χ1v) is 6.81. The van der Waals surface area contributed by atoms with E-state index in [9.17, 15) is 5.11 Å². The minimum atomic E-state index is -0.682. The van der Waals surface area contributed by atoms with Crippen molar-refractivity contribution in [3.8, 4) is 11.5 Å². The standard InChI is InChI=1S/C13H11ClO3S/c14-9-6-12(18-7-9)13(15)8-1-2-10-11(5-8)17-4-3-16-10/h1-2,5-7,13,15H,3-4H2. The van der Waals surface area contributed by atoms with Crippen LogP contribution >= 0.6 is 22.9 Å². The molecule has 1 atom stereocenters. The molecule has 0 amide bonds. The third-order valence-electron chi connectivity index (χ3n) is 2.74. The Kier molecular flexibility index (Phi) is 3.16. The van der Waals surface area contributed by atoms with Crippen molar-refractivity contribution in [2.75, 3.05) is 13.2 Å². The fourth-order valence-corrected chi connectivity index (χ4v) is 2.96. The first-order valence-electron chi connectivity index (χ1n) is 5.55. The molecule has 1 aliphatic rings. The molecule has 5 heteroatoms. The molecule has 18 heavy (non-hydrogen) atoms. The van der Waals surface area contributed by atoms with Crippen LogP contribution in [0.1, 0.15) is 16.5 Å². The summed E-state index contributed by atoms with van der Waals surface area (Å²) in [5, 5.41) is 12.7. The number of aliphatic hydroxyl groups is 1. The molecule has 3 nitrogen and oxygen atoms in total. The Bertz CT molecular complexity index is 567. The lowest BCUT2D eigenvalue weighted by atomic mass is 10.1. The minimum absolute atomic E-state index is 0.539. The molecule has 0 spiro atoms. The Balaban J connectivity index is 1.92. The fourth-order valence-electron chi connectivity index (χ4n) is 1.87. The summed E-state index contributed by atoms with van der Waals surface area (Å²) in [5.41, 5.74) is 0.776. The van der Waals surface area contributed by atoms with Gasteiger partial charge in [0.15, 0.2) is 11.5 Å². The topological polar surface area (TPSA) is 38.7 Å². The lowest BCUT2D eigenvalue weighted by Crippen LogP contribution is -2.15. The lowest BCUT2D eigenvalue weighted by molar-refractivity contribution is 0.170. The van der Waals surface area contributed by atoms with Crippen LogP contribution in [0.25, 0.3) is 0 Å². The van der Waals surface area contributed by atoms with Crippen molar-refractivity contribution in [2.24, 2.45) is 0 Å². The molecule has 0 radical (unpaired) electrons. The van der Waals surface area contributed by atoms with E-state index < -0.39 is 6.10 Å². The van der Waals surface area contributed by atoms with Crippen LogP contribution in [0.4, 0.5) is 0 Å². The number of fused-ring (bicyclic) bond motifs is 1. The van der Waals surface area contributed by atoms with Crippen molar-refractivity contribution in [2.45, 2.75) is 6.10 Å². The highest BCUT2D eigenvalue weighted by atomic mass is 35.5. The van der Waals surface area contributed by atoms with E-state index in [1.54, 1.807) is 11.4 Å². The molecular formula is C13H11ClO3S. The van der Waals surface area contributed by atoms with Crippen LogP contribution in [0.15, 0.2) is 29.6 Å². The Morgan fingerprint density at radius 1 is 1.17 bits per heavy atom. The molecule has 0 bridgehead atoms. The maximum atomic E-state index is 10.3. The average molecular weight is 283 g/mol. The van der Waals surface area contributed by atoms with Gasteiger partial charge in [-0.1, -0.05) is 17.7 Å². The number of ether oxygens (including phenoxy) is 2. The Hall–Kier alpha value is -1.23. The van der Waals surface area contributed by atoms with Gasteiger partial charge in [-0.3, -0.25) is 0 Å². The minimum Gasteiger partial charge on any atom is -0.486 e. The zero-order chi connectivity index (χ0) is 12.5. The number of hydrogen-bond acceptors (Lipinski definition) is 4. The molecule has 1 aromatic heterocycles. The quantitative estimate of drug-likeness (QED) is 0.919. The number of benzene rings is 1. The second-order valence-corrected chi connectivity index (χ2v) is 5.35. The van der Waals surface area contributed by atoms with Crippen molar-refractivity contribution in [1.29, 1.82) is 0 Å². The van der Waals surface area contributed by atoms with Gasteiger partial charge in [0, 0.05) is 10.3 Å². The van der Waals surface area contributed by atoms with E-state index in [1.807, 2.05) is 18.2 Å². The van der Waals surface area contributed by atoms with E-state index in [2.05, 4.69) is 0 Å². The molecule has 1 aromatic carbocycles. The maximum Gasteiger partial charge on any atom is 0.161 e. The first-order chi connectivity index (χ1) is 8.74. The van der Waals surface area contributed by atoms with Crippen molar-refractivity contribution in [3.05, 3.63) is 45.1 Å². The van der Waals surface area contributed by atoms with Crippen molar-refractivity contribution in [1.82, 2.24) is 0 Å². The smallest absolute Gasteiger partial charge is 0.161 e. The van der Waals surface area contributed by atoms with Gasteiger partial charge in [-0.15, -0.1) is 11.3 Å². The van der Waals surface area contributed by atoms with Gasteiger partial charge in [0.1, 0.15) is 19.3 Å². The van der Waals surface area contributed by atoms with Crippen molar-refractivity contribution in [3.63, 3.8) is 0 Å². The maximum absolute atomic E-state index is 10.3. The van der Waals surface area contributed by atoms with Gasteiger partial charge in [0.05, 0.1) is 5.02 Å². The summed E-state index contributed by atoms with van der Waals surface area (Å²) in [7, 11) is 0. The summed E-state index contributed by atoms with van der Waals surface area (Å²) < 4.78 is 10.9. The molecule has 94 valence electrons. The van der Waals surface area contributed by atoms with Gasteiger partial charge in [0.25, 0.3) is 0 Å². The van der Waals surface area contributed by atoms with Crippen LogP contribution in [0, 0.1) is 0 Å². The summed E-state index contributed by atoms with van der Waals surface area (Å²) in [4.78, 5) is 0.816. The fraction of sp³-hybridized carbons (Fsp3) is 0.231. The predicted molar refractivity (Wildman–Crippen MR) is 70.8 cm³/mol. The summed E-state index contributed by atoms with van der Waals surface area (Å²) >= 11 is 7.30. The second-order valence-electron chi connectivity index (χ2n) is 3.97. The van der Waals surface area contributed by atoms with Crippen LogP contribution in [-0.4, -0.2) is 18.3 Å². The number of hydrogen-bond donors (Lipinski definition) is 1. The normalized spacial score (nSPS) is 15.4. The van der Waals surface area contributed by atoms with Crippen molar-refractivity contribution >= 4 is 22.9 Å². The third-order valence-corrected chi connectivity index (χ3v) is 4.07. The Labute approximate surface area is 114 Å². The van der Waals surface area contributed by atoms with Crippen LogP contribution in [-0.2, 0) is 0 Å². The molecule has 0 saturated heterocycles. The molecule has 0 saturated carbocycles. The van der Waals surface area contributed by atoms with Gasteiger partial charge in [-0.2, -0.15) is 0 Å². The van der Waals surface area contributed by atoms with E-state index in [1.165, 1.54) is 11.3 Å². The summed E-state index contributed by atoms with van der Waals surface area (Å²) in [6.07, 6.45) is -0.682. The van der Waals surface area contributed by atoms with E-state index in [4.69, 9.17) is 21.1 Å². The molecule has 1 N–H and O–H groups in total. The summed E-state index contributed by atoms with van der Waals surface area (Å²) in [5.74, 6) is 1.40. The van der Waals surface area contributed by atoms with Crippen LogP contribution in [0.3, 0.4) is 0 Å². The first kappa shape index (κ1) is 11.8. The van der Waals surface area contributed by atoms with Crippen LogP contribution < -0.4 is 9.47 Å². The highest BCUT2D eigenvalue weighted by Crippen LogP contribution is 2.36. The molecular weight excluding hydrogens is 272 g/mol. The molecule has 1 aliphatic heterocycles. The molecule has 1 unspecified atom stereocenters. The molecule has 0 aliphatic carbocycles. The van der Waals surface area contributed by atoms with E-state index in [0.717, 1.165) is 16.2 Å². The zero-order valence-corrected chi connectivity index (χ0v) is 11.0. The van der Waals surface area contributed by atoms with Crippen LogP contribution in [0.5, 0.6) is 11.5 Å². The largest absolute Gasteiger partial charge is 0.486 e.